The van der Waals surface area contributed by atoms with Gasteiger partial charge < -0.3 is 4.90 Å². The standard InChI is InChI=1S/C15H20ClNOS/c1-17(9-13-4-5-14(16)19-13)15(18)8-12-7-10-2-3-11(12)6-10/h4-5,10-12H,2-3,6-9H2,1H3/t10-,11-,12+/m0/s1. The molecule has 0 aliphatic heterocycles. The van der Waals surface area contributed by atoms with E-state index in [1.165, 1.54) is 25.7 Å². The molecule has 1 aromatic rings. The fourth-order valence-corrected chi connectivity index (χ4v) is 4.91. The second-order valence-electron chi connectivity index (χ2n) is 6.09. The summed E-state index contributed by atoms with van der Waals surface area (Å²) in [5.41, 5.74) is 0. The summed E-state index contributed by atoms with van der Waals surface area (Å²) in [6.07, 6.45) is 6.17. The van der Waals surface area contributed by atoms with Crippen molar-refractivity contribution >= 4 is 28.8 Å². The molecule has 2 nitrogen and oxygen atoms in total. The van der Waals surface area contributed by atoms with Crippen LogP contribution in [0.1, 0.15) is 37.0 Å². The third-order valence-electron chi connectivity index (χ3n) is 4.77. The van der Waals surface area contributed by atoms with Crippen molar-refractivity contribution in [3.8, 4) is 0 Å². The molecule has 0 aromatic carbocycles. The van der Waals surface area contributed by atoms with E-state index >= 15 is 0 Å². The molecule has 2 fully saturated rings. The molecule has 4 heteroatoms. The molecule has 0 spiro atoms. The number of amides is 1. The van der Waals surface area contributed by atoms with Crippen LogP contribution >= 0.6 is 22.9 Å². The van der Waals surface area contributed by atoms with E-state index in [2.05, 4.69) is 0 Å². The number of carbonyl (C=O) groups is 1. The summed E-state index contributed by atoms with van der Waals surface area (Å²) in [6, 6.07) is 3.91. The van der Waals surface area contributed by atoms with Crippen molar-refractivity contribution in [2.45, 2.75) is 38.6 Å². The van der Waals surface area contributed by atoms with Crippen molar-refractivity contribution in [2.75, 3.05) is 7.05 Å². The molecule has 2 saturated carbocycles. The summed E-state index contributed by atoms with van der Waals surface area (Å²) < 4.78 is 0.795. The third-order valence-corrected chi connectivity index (χ3v) is 5.98. The van der Waals surface area contributed by atoms with Crippen molar-refractivity contribution < 1.29 is 4.79 Å². The molecule has 2 aliphatic rings. The number of hydrogen-bond acceptors (Lipinski definition) is 2. The molecule has 0 saturated heterocycles. The molecule has 2 bridgehead atoms. The highest BCUT2D eigenvalue weighted by Gasteiger charge is 2.40. The lowest BCUT2D eigenvalue weighted by Gasteiger charge is -2.24. The molecule has 0 radical (unpaired) electrons. The van der Waals surface area contributed by atoms with Crippen molar-refractivity contribution in [2.24, 2.45) is 17.8 Å². The van der Waals surface area contributed by atoms with Gasteiger partial charge in [-0.15, -0.1) is 11.3 Å². The summed E-state index contributed by atoms with van der Waals surface area (Å²) in [7, 11) is 1.91. The summed E-state index contributed by atoms with van der Waals surface area (Å²) >= 11 is 7.48. The number of fused-ring (bicyclic) bond motifs is 2. The van der Waals surface area contributed by atoms with Crippen LogP contribution in [0.3, 0.4) is 0 Å². The lowest BCUT2D eigenvalue weighted by molar-refractivity contribution is -0.131. The van der Waals surface area contributed by atoms with E-state index in [-0.39, 0.29) is 0 Å². The highest BCUT2D eigenvalue weighted by molar-refractivity contribution is 7.16. The maximum absolute atomic E-state index is 12.3. The number of nitrogens with zero attached hydrogens (tertiary/aromatic N) is 1. The summed E-state index contributed by atoms with van der Waals surface area (Å²) in [4.78, 5) is 15.3. The van der Waals surface area contributed by atoms with Crippen LogP contribution in [0.4, 0.5) is 0 Å². The van der Waals surface area contributed by atoms with Gasteiger partial charge in [-0.3, -0.25) is 4.79 Å². The summed E-state index contributed by atoms with van der Waals surface area (Å²) in [5.74, 6) is 2.70. The Balaban J connectivity index is 1.52. The predicted molar refractivity (Wildman–Crippen MR) is 79.4 cm³/mol. The average Bonchev–Trinajstić information content (AvgIpc) is 3.06. The highest BCUT2D eigenvalue weighted by Crippen LogP contribution is 2.49. The Hall–Kier alpha value is -0.540. The largest absolute Gasteiger partial charge is 0.341 e. The van der Waals surface area contributed by atoms with Gasteiger partial charge >= 0.3 is 0 Å². The first-order valence-corrected chi connectivity index (χ1v) is 8.29. The number of hydrogen-bond donors (Lipinski definition) is 0. The number of carbonyl (C=O) groups excluding carboxylic acids is 1. The maximum atomic E-state index is 12.3. The van der Waals surface area contributed by atoms with Crippen molar-refractivity contribution in [3.63, 3.8) is 0 Å². The molecule has 3 atom stereocenters. The fourth-order valence-electron chi connectivity index (χ4n) is 3.77. The van der Waals surface area contributed by atoms with E-state index in [4.69, 9.17) is 11.6 Å². The van der Waals surface area contributed by atoms with Crippen LogP contribution in [0.2, 0.25) is 4.34 Å². The van der Waals surface area contributed by atoms with E-state index in [9.17, 15) is 4.79 Å². The fraction of sp³-hybridized carbons (Fsp3) is 0.667. The Bertz CT molecular complexity index is 472. The van der Waals surface area contributed by atoms with Gasteiger partial charge in [0, 0.05) is 18.3 Å². The second kappa shape index (κ2) is 5.45. The smallest absolute Gasteiger partial charge is 0.222 e. The Morgan fingerprint density at radius 1 is 1.42 bits per heavy atom. The molecular formula is C15H20ClNOS. The Morgan fingerprint density at radius 3 is 2.84 bits per heavy atom. The lowest BCUT2D eigenvalue weighted by atomic mass is 9.86. The maximum Gasteiger partial charge on any atom is 0.222 e. The number of rotatable bonds is 4. The van der Waals surface area contributed by atoms with Crippen molar-refractivity contribution in [3.05, 3.63) is 21.3 Å². The van der Waals surface area contributed by atoms with Gasteiger partial charge in [0.2, 0.25) is 5.91 Å². The van der Waals surface area contributed by atoms with E-state index < -0.39 is 0 Å². The first-order valence-electron chi connectivity index (χ1n) is 7.10. The number of halogens is 1. The van der Waals surface area contributed by atoms with Gasteiger partial charge in [0.15, 0.2) is 0 Å². The van der Waals surface area contributed by atoms with Crippen LogP contribution in [-0.4, -0.2) is 17.9 Å². The molecule has 104 valence electrons. The SMILES string of the molecule is CN(Cc1ccc(Cl)s1)C(=O)C[C@H]1C[C@H]2CC[C@H]1C2. The third kappa shape index (κ3) is 2.97. The Morgan fingerprint density at radius 2 is 2.26 bits per heavy atom. The topological polar surface area (TPSA) is 20.3 Å². The lowest BCUT2D eigenvalue weighted by Crippen LogP contribution is -2.29. The van der Waals surface area contributed by atoms with Crippen molar-refractivity contribution in [1.82, 2.24) is 4.90 Å². The molecule has 0 unspecified atom stereocenters. The molecule has 1 heterocycles. The van der Waals surface area contributed by atoms with Crippen LogP contribution in [0.25, 0.3) is 0 Å². The molecule has 19 heavy (non-hydrogen) atoms. The van der Waals surface area contributed by atoms with E-state index in [1.807, 2.05) is 24.1 Å². The van der Waals surface area contributed by atoms with Gasteiger partial charge in [0.1, 0.15) is 0 Å². The van der Waals surface area contributed by atoms with Crippen LogP contribution in [-0.2, 0) is 11.3 Å². The zero-order valence-corrected chi connectivity index (χ0v) is 12.8. The van der Waals surface area contributed by atoms with E-state index in [0.717, 1.165) is 27.5 Å². The minimum atomic E-state index is 0.294. The number of thiophene rings is 1. The first kappa shape index (κ1) is 13.4. The van der Waals surface area contributed by atoms with Gasteiger partial charge in [-0.05, 0) is 49.1 Å². The normalized spacial score (nSPS) is 28.8. The Kier molecular flexibility index (Phi) is 3.86. The molecule has 0 N–H and O–H groups in total. The van der Waals surface area contributed by atoms with Crippen LogP contribution < -0.4 is 0 Å². The van der Waals surface area contributed by atoms with Crippen LogP contribution in [0.15, 0.2) is 12.1 Å². The van der Waals surface area contributed by atoms with Crippen LogP contribution in [0, 0.1) is 17.8 Å². The van der Waals surface area contributed by atoms with Crippen molar-refractivity contribution in [1.29, 1.82) is 0 Å². The van der Waals surface area contributed by atoms with Crippen LogP contribution in [0.5, 0.6) is 0 Å². The van der Waals surface area contributed by atoms with Gasteiger partial charge in [-0.1, -0.05) is 18.0 Å². The average molecular weight is 298 g/mol. The minimum absolute atomic E-state index is 0.294. The summed E-state index contributed by atoms with van der Waals surface area (Å²) in [5, 5.41) is 0. The zero-order chi connectivity index (χ0) is 13.4. The first-order chi connectivity index (χ1) is 9.11. The van der Waals surface area contributed by atoms with E-state index in [1.54, 1.807) is 11.3 Å². The Labute approximate surface area is 123 Å². The van der Waals surface area contributed by atoms with Gasteiger partial charge in [0.05, 0.1) is 10.9 Å². The monoisotopic (exact) mass is 297 g/mol. The molecule has 2 aliphatic carbocycles. The van der Waals surface area contributed by atoms with Gasteiger partial charge in [-0.2, -0.15) is 0 Å². The highest BCUT2D eigenvalue weighted by atomic mass is 35.5. The minimum Gasteiger partial charge on any atom is -0.341 e. The molecule has 3 rings (SSSR count). The van der Waals surface area contributed by atoms with Gasteiger partial charge in [-0.25, -0.2) is 0 Å². The second-order valence-corrected chi connectivity index (χ2v) is 7.89. The molecule has 1 aromatic heterocycles. The quantitative estimate of drug-likeness (QED) is 0.816. The molecule has 1 amide bonds. The van der Waals surface area contributed by atoms with E-state index in [0.29, 0.717) is 18.4 Å². The molecular weight excluding hydrogens is 278 g/mol. The zero-order valence-electron chi connectivity index (χ0n) is 11.3. The summed E-state index contributed by atoms with van der Waals surface area (Å²) in [6.45, 7) is 0.692. The predicted octanol–water partition coefficient (Wildman–Crippen LogP) is 4.19. The van der Waals surface area contributed by atoms with Gasteiger partial charge in [0.25, 0.3) is 0 Å².